The Morgan fingerprint density at radius 3 is 2.18 bits per heavy atom. The largest absolute Gasteiger partial charge is 0.335 e. The first-order valence-electron chi connectivity index (χ1n) is 7.89. The third-order valence-electron chi connectivity index (χ3n) is 4.05. The fourth-order valence-corrected chi connectivity index (χ4v) is 2.59. The standard InChI is InChI=1S/C16H22N4O2/c21-15(17-12-4-2-1-3-5-12)18-14-8-10-20(11-9-14)16(22)19-13-6-7-13/h1-5,13-14H,6-11H2,(H,19,22)(H2,17,18,21). The summed E-state index contributed by atoms with van der Waals surface area (Å²) in [6, 6.07) is 9.73. The van der Waals surface area contributed by atoms with Crippen LogP contribution in [-0.4, -0.2) is 42.1 Å². The summed E-state index contributed by atoms with van der Waals surface area (Å²) in [6.45, 7) is 1.38. The lowest BCUT2D eigenvalue weighted by Crippen LogP contribution is -2.50. The number of carbonyl (C=O) groups is 2. The number of hydrogen-bond acceptors (Lipinski definition) is 2. The highest BCUT2D eigenvalue weighted by molar-refractivity contribution is 5.89. The van der Waals surface area contributed by atoms with Gasteiger partial charge in [0.1, 0.15) is 0 Å². The van der Waals surface area contributed by atoms with Crippen molar-refractivity contribution in [2.75, 3.05) is 18.4 Å². The van der Waals surface area contributed by atoms with Crippen LogP contribution in [0.5, 0.6) is 0 Å². The summed E-state index contributed by atoms with van der Waals surface area (Å²) in [5.41, 5.74) is 0.779. The number of hydrogen-bond donors (Lipinski definition) is 3. The van der Waals surface area contributed by atoms with Crippen LogP contribution in [-0.2, 0) is 0 Å². The molecule has 1 aromatic rings. The average molecular weight is 302 g/mol. The van der Waals surface area contributed by atoms with E-state index in [0.717, 1.165) is 31.4 Å². The SMILES string of the molecule is O=C(Nc1ccccc1)NC1CCN(C(=O)NC2CC2)CC1. The summed E-state index contributed by atoms with van der Waals surface area (Å²) in [6.07, 6.45) is 3.79. The predicted molar refractivity (Wildman–Crippen MR) is 84.7 cm³/mol. The van der Waals surface area contributed by atoms with Crippen LogP contribution < -0.4 is 16.0 Å². The van der Waals surface area contributed by atoms with Crippen LogP contribution >= 0.6 is 0 Å². The first kappa shape index (κ1) is 14.7. The van der Waals surface area contributed by atoms with E-state index in [1.807, 2.05) is 35.2 Å². The zero-order valence-corrected chi connectivity index (χ0v) is 12.5. The molecule has 1 saturated carbocycles. The molecule has 3 rings (SSSR count). The molecule has 6 heteroatoms. The Bertz CT molecular complexity index is 522. The summed E-state index contributed by atoms with van der Waals surface area (Å²) >= 11 is 0. The lowest BCUT2D eigenvalue weighted by molar-refractivity contribution is 0.176. The molecule has 0 unspecified atom stereocenters. The van der Waals surface area contributed by atoms with Gasteiger partial charge in [0.25, 0.3) is 0 Å². The number of anilines is 1. The molecule has 1 aliphatic carbocycles. The van der Waals surface area contributed by atoms with Gasteiger partial charge in [-0.2, -0.15) is 0 Å². The zero-order valence-electron chi connectivity index (χ0n) is 12.5. The number of likely N-dealkylation sites (tertiary alicyclic amines) is 1. The molecule has 1 aromatic carbocycles. The molecule has 0 bridgehead atoms. The number of amides is 4. The second-order valence-corrected chi connectivity index (χ2v) is 5.95. The zero-order chi connectivity index (χ0) is 15.4. The molecule has 2 fully saturated rings. The molecule has 1 saturated heterocycles. The Hall–Kier alpha value is -2.24. The molecule has 3 N–H and O–H groups in total. The van der Waals surface area contributed by atoms with E-state index in [2.05, 4.69) is 16.0 Å². The number of nitrogens with one attached hydrogen (secondary N) is 3. The third kappa shape index (κ3) is 4.13. The summed E-state index contributed by atoms with van der Waals surface area (Å²) in [4.78, 5) is 25.7. The molecule has 0 spiro atoms. The molecule has 1 heterocycles. The van der Waals surface area contributed by atoms with Crippen molar-refractivity contribution in [1.82, 2.24) is 15.5 Å². The van der Waals surface area contributed by atoms with Crippen LogP contribution in [0.2, 0.25) is 0 Å². The van der Waals surface area contributed by atoms with E-state index in [4.69, 9.17) is 0 Å². The topological polar surface area (TPSA) is 73.5 Å². The third-order valence-corrected chi connectivity index (χ3v) is 4.05. The van der Waals surface area contributed by atoms with Crippen molar-refractivity contribution in [3.8, 4) is 0 Å². The number of benzene rings is 1. The van der Waals surface area contributed by atoms with E-state index < -0.39 is 0 Å². The van der Waals surface area contributed by atoms with Gasteiger partial charge in [-0.15, -0.1) is 0 Å². The smallest absolute Gasteiger partial charge is 0.319 e. The summed E-state index contributed by atoms with van der Waals surface area (Å²) in [7, 11) is 0. The van der Waals surface area contributed by atoms with Crippen molar-refractivity contribution in [3.05, 3.63) is 30.3 Å². The lowest BCUT2D eigenvalue weighted by atomic mass is 10.1. The van der Waals surface area contributed by atoms with Crippen molar-refractivity contribution in [1.29, 1.82) is 0 Å². The van der Waals surface area contributed by atoms with E-state index in [-0.39, 0.29) is 18.1 Å². The van der Waals surface area contributed by atoms with Gasteiger partial charge in [0.05, 0.1) is 0 Å². The molecule has 118 valence electrons. The molecule has 2 aliphatic rings. The Balaban J connectivity index is 1.39. The number of para-hydroxylation sites is 1. The Labute approximate surface area is 130 Å². The fourth-order valence-electron chi connectivity index (χ4n) is 2.59. The van der Waals surface area contributed by atoms with Gasteiger partial charge in [0.2, 0.25) is 0 Å². The minimum absolute atomic E-state index is 0.0367. The molecule has 0 aromatic heterocycles. The average Bonchev–Trinajstić information content (AvgIpc) is 3.33. The summed E-state index contributed by atoms with van der Waals surface area (Å²) < 4.78 is 0. The highest BCUT2D eigenvalue weighted by Crippen LogP contribution is 2.19. The van der Waals surface area contributed by atoms with Crippen LogP contribution in [0.1, 0.15) is 25.7 Å². The quantitative estimate of drug-likeness (QED) is 0.800. The van der Waals surface area contributed by atoms with Crippen LogP contribution in [0.3, 0.4) is 0 Å². The van der Waals surface area contributed by atoms with Crippen molar-refractivity contribution in [2.24, 2.45) is 0 Å². The second kappa shape index (κ2) is 6.68. The van der Waals surface area contributed by atoms with Crippen LogP contribution in [0.4, 0.5) is 15.3 Å². The molecule has 0 atom stereocenters. The van der Waals surface area contributed by atoms with Gasteiger partial charge in [-0.25, -0.2) is 9.59 Å². The first-order valence-corrected chi connectivity index (χ1v) is 7.89. The molecule has 4 amide bonds. The van der Waals surface area contributed by atoms with Crippen LogP contribution in [0, 0.1) is 0 Å². The van der Waals surface area contributed by atoms with Crippen LogP contribution in [0.25, 0.3) is 0 Å². The highest BCUT2D eigenvalue weighted by atomic mass is 16.2. The predicted octanol–water partition coefficient (Wildman–Crippen LogP) is 2.14. The highest BCUT2D eigenvalue weighted by Gasteiger charge is 2.28. The normalized spacial score (nSPS) is 18.6. The maximum atomic E-state index is 11.9. The van der Waals surface area contributed by atoms with Crippen molar-refractivity contribution >= 4 is 17.7 Å². The van der Waals surface area contributed by atoms with Gasteiger partial charge in [-0.3, -0.25) is 0 Å². The Morgan fingerprint density at radius 1 is 0.909 bits per heavy atom. The number of rotatable bonds is 3. The number of carbonyl (C=O) groups excluding carboxylic acids is 2. The van der Waals surface area contributed by atoms with Gasteiger partial charge in [-0.1, -0.05) is 18.2 Å². The summed E-state index contributed by atoms with van der Waals surface area (Å²) in [5, 5.41) is 8.79. The van der Waals surface area contributed by atoms with E-state index in [1.165, 1.54) is 0 Å². The van der Waals surface area contributed by atoms with Crippen LogP contribution in [0.15, 0.2) is 30.3 Å². The Morgan fingerprint density at radius 2 is 1.55 bits per heavy atom. The van der Waals surface area contributed by atoms with E-state index in [1.54, 1.807) is 0 Å². The van der Waals surface area contributed by atoms with Gasteiger partial charge < -0.3 is 20.9 Å². The number of nitrogens with zero attached hydrogens (tertiary/aromatic N) is 1. The van der Waals surface area contributed by atoms with Gasteiger partial charge >= 0.3 is 12.1 Å². The lowest BCUT2D eigenvalue weighted by Gasteiger charge is -2.32. The molecular weight excluding hydrogens is 280 g/mol. The Kier molecular flexibility index (Phi) is 4.46. The minimum atomic E-state index is -0.188. The molecule has 0 radical (unpaired) electrons. The van der Waals surface area contributed by atoms with E-state index >= 15 is 0 Å². The van der Waals surface area contributed by atoms with Crippen molar-refractivity contribution in [3.63, 3.8) is 0 Å². The van der Waals surface area contributed by atoms with Gasteiger partial charge in [0.15, 0.2) is 0 Å². The monoisotopic (exact) mass is 302 g/mol. The molecule has 22 heavy (non-hydrogen) atoms. The van der Waals surface area contributed by atoms with Crippen molar-refractivity contribution < 1.29 is 9.59 Å². The van der Waals surface area contributed by atoms with Gasteiger partial charge in [-0.05, 0) is 37.8 Å². The molecular formula is C16H22N4O2. The maximum Gasteiger partial charge on any atom is 0.319 e. The first-order chi connectivity index (χ1) is 10.7. The summed E-state index contributed by atoms with van der Waals surface area (Å²) in [5.74, 6) is 0. The number of urea groups is 2. The second-order valence-electron chi connectivity index (χ2n) is 5.95. The maximum absolute atomic E-state index is 11.9. The number of piperidine rings is 1. The van der Waals surface area contributed by atoms with E-state index in [9.17, 15) is 9.59 Å². The molecule has 1 aliphatic heterocycles. The fraction of sp³-hybridized carbons (Fsp3) is 0.500. The molecule has 6 nitrogen and oxygen atoms in total. The minimum Gasteiger partial charge on any atom is -0.335 e. The van der Waals surface area contributed by atoms with Crippen molar-refractivity contribution in [2.45, 2.75) is 37.8 Å². The van der Waals surface area contributed by atoms with Gasteiger partial charge in [0, 0.05) is 30.9 Å². The van der Waals surface area contributed by atoms with E-state index in [0.29, 0.717) is 19.1 Å².